The Morgan fingerprint density at radius 1 is 1.22 bits per heavy atom. The number of carbonyl (C=O) groups is 1. The minimum Gasteiger partial charge on any atom is -0.463 e. The number of nitrogens with one attached hydrogen (secondary N) is 1. The fraction of sp³-hybridized carbons (Fsp3) is 0.263. The molecule has 0 aliphatic heterocycles. The summed E-state index contributed by atoms with van der Waals surface area (Å²) in [6.07, 6.45) is 1.53. The fourth-order valence-corrected chi connectivity index (χ4v) is 2.45. The lowest BCUT2D eigenvalue weighted by Crippen LogP contribution is -2.37. The summed E-state index contributed by atoms with van der Waals surface area (Å²) in [7, 11) is 0. The number of nitrogens with zero attached hydrogens (tertiary/aromatic N) is 3. The lowest BCUT2D eigenvalue weighted by molar-refractivity contribution is -0.384. The molecule has 0 aliphatic rings. The molecule has 0 bridgehead atoms. The van der Waals surface area contributed by atoms with E-state index in [2.05, 4.69) is 10.4 Å². The third-order valence-electron chi connectivity index (χ3n) is 4.38. The van der Waals surface area contributed by atoms with Gasteiger partial charge in [0.25, 0.3) is 11.6 Å². The molecule has 140 valence electrons. The number of aromatic nitrogens is 2. The average Bonchev–Trinajstić information content (AvgIpc) is 3.31. The Hall–Kier alpha value is -3.42. The Kier molecular flexibility index (Phi) is 5.07. The number of benzene rings is 1. The van der Waals surface area contributed by atoms with Crippen LogP contribution in [-0.4, -0.2) is 26.7 Å². The summed E-state index contributed by atoms with van der Waals surface area (Å²) in [5.74, 6) is 0.524. The highest BCUT2D eigenvalue weighted by Gasteiger charge is 2.21. The molecule has 0 saturated carbocycles. The summed E-state index contributed by atoms with van der Waals surface area (Å²) in [5.41, 5.74) is 1.33. The van der Waals surface area contributed by atoms with Gasteiger partial charge in [-0.1, -0.05) is 13.8 Å². The van der Waals surface area contributed by atoms with Gasteiger partial charge in [0.1, 0.15) is 11.4 Å². The van der Waals surface area contributed by atoms with Gasteiger partial charge in [0.05, 0.1) is 16.9 Å². The molecule has 1 N–H and O–H groups in total. The zero-order valence-electron chi connectivity index (χ0n) is 15.2. The second kappa shape index (κ2) is 7.45. The molecule has 0 fully saturated rings. The SMILES string of the molecule is CC(C)C(C)NC(=O)c1cc(-c2ccco2)nn1-c1ccc([N+](=O)[O-])cc1. The first-order valence-electron chi connectivity index (χ1n) is 8.56. The van der Waals surface area contributed by atoms with Crippen LogP contribution in [0.15, 0.2) is 53.1 Å². The van der Waals surface area contributed by atoms with Crippen LogP contribution in [0.2, 0.25) is 0 Å². The molecular formula is C19H20N4O4. The topological polar surface area (TPSA) is 103 Å². The lowest BCUT2D eigenvalue weighted by atomic mass is 10.1. The van der Waals surface area contributed by atoms with Crippen LogP contribution in [0.3, 0.4) is 0 Å². The number of non-ortho nitro benzene ring substituents is 1. The maximum absolute atomic E-state index is 12.8. The number of hydrogen-bond acceptors (Lipinski definition) is 5. The van der Waals surface area contributed by atoms with Crippen molar-refractivity contribution in [2.45, 2.75) is 26.8 Å². The fourth-order valence-electron chi connectivity index (χ4n) is 2.45. The normalized spacial score (nSPS) is 12.1. The minimum absolute atomic E-state index is 0.0234. The van der Waals surface area contributed by atoms with E-state index in [1.54, 1.807) is 30.3 Å². The Balaban J connectivity index is 2.02. The molecule has 1 aromatic carbocycles. The van der Waals surface area contributed by atoms with E-state index in [-0.39, 0.29) is 23.6 Å². The molecule has 0 saturated heterocycles. The molecule has 1 amide bonds. The van der Waals surface area contributed by atoms with E-state index < -0.39 is 4.92 Å². The van der Waals surface area contributed by atoms with Crippen LogP contribution in [0.1, 0.15) is 31.3 Å². The summed E-state index contributed by atoms with van der Waals surface area (Å²) in [6.45, 7) is 5.97. The van der Waals surface area contributed by atoms with Gasteiger partial charge < -0.3 is 9.73 Å². The van der Waals surface area contributed by atoms with Crippen molar-refractivity contribution >= 4 is 11.6 Å². The number of furan rings is 1. The van der Waals surface area contributed by atoms with Crippen LogP contribution in [0.4, 0.5) is 5.69 Å². The Bertz CT molecular complexity index is 943. The van der Waals surface area contributed by atoms with Crippen molar-refractivity contribution in [3.8, 4) is 17.1 Å². The third kappa shape index (κ3) is 3.89. The van der Waals surface area contributed by atoms with Crippen LogP contribution >= 0.6 is 0 Å². The zero-order chi connectivity index (χ0) is 19.6. The molecular weight excluding hydrogens is 348 g/mol. The first-order chi connectivity index (χ1) is 12.9. The minimum atomic E-state index is -0.473. The standard InChI is InChI=1S/C19H20N4O4/c1-12(2)13(3)20-19(24)17-11-16(18-5-4-10-27-18)21-22(17)14-6-8-15(9-7-14)23(25)26/h4-13H,1-3H3,(H,20,24). The summed E-state index contributed by atoms with van der Waals surface area (Å²) in [4.78, 5) is 23.2. The molecule has 0 aliphatic carbocycles. The predicted octanol–water partition coefficient (Wildman–Crippen LogP) is 3.81. The van der Waals surface area contributed by atoms with E-state index in [1.165, 1.54) is 23.1 Å². The molecule has 1 unspecified atom stereocenters. The van der Waals surface area contributed by atoms with Crippen molar-refractivity contribution in [3.63, 3.8) is 0 Å². The van der Waals surface area contributed by atoms with Crippen molar-refractivity contribution in [1.82, 2.24) is 15.1 Å². The monoisotopic (exact) mass is 368 g/mol. The van der Waals surface area contributed by atoms with Crippen LogP contribution in [0, 0.1) is 16.0 Å². The van der Waals surface area contributed by atoms with E-state index in [9.17, 15) is 14.9 Å². The van der Waals surface area contributed by atoms with Gasteiger partial charge in [-0.2, -0.15) is 5.10 Å². The Morgan fingerprint density at radius 3 is 2.48 bits per heavy atom. The quantitative estimate of drug-likeness (QED) is 0.526. The van der Waals surface area contributed by atoms with E-state index in [0.717, 1.165) is 0 Å². The highest BCUT2D eigenvalue weighted by Crippen LogP contribution is 2.23. The van der Waals surface area contributed by atoms with E-state index in [4.69, 9.17) is 4.42 Å². The van der Waals surface area contributed by atoms with E-state index in [1.807, 2.05) is 20.8 Å². The predicted molar refractivity (Wildman–Crippen MR) is 99.7 cm³/mol. The van der Waals surface area contributed by atoms with Crippen molar-refractivity contribution in [2.75, 3.05) is 0 Å². The molecule has 27 heavy (non-hydrogen) atoms. The maximum atomic E-state index is 12.8. The second-order valence-electron chi connectivity index (χ2n) is 6.58. The van der Waals surface area contributed by atoms with E-state index in [0.29, 0.717) is 22.8 Å². The molecule has 2 heterocycles. The molecule has 1 atom stereocenters. The van der Waals surface area contributed by atoms with Crippen molar-refractivity contribution in [3.05, 3.63) is 64.5 Å². The number of nitro groups is 1. The number of nitro benzene ring substituents is 1. The average molecular weight is 368 g/mol. The second-order valence-corrected chi connectivity index (χ2v) is 6.58. The molecule has 8 heteroatoms. The third-order valence-corrected chi connectivity index (χ3v) is 4.38. The van der Waals surface area contributed by atoms with Gasteiger partial charge in [0.2, 0.25) is 0 Å². The summed E-state index contributed by atoms with van der Waals surface area (Å²) in [6, 6.07) is 11.0. The molecule has 0 spiro atoms. The summed E-state index contributed by atoms with van der Waals surface area (Å²) < 4.78 is 6.84. The van der Waals surface area contributed by atoms with Gasteiger partial charge in [-0.05, 0) is 37.1 Å². The van der Waals surface area contributed by atoms with Gasteiger partial charge in [0, 0.05) is 24.2 Å². The number of rotatable bonds is 6. The molecule has 0 radical (unpaired) electrons. The maximum Gasteiger partial charge on any atom is 0.270 e. The van der Waals surface area contributed by atoms with Crippen LogP contribution < -0.4 is 5.32 Å². The van der Waals surface area contributed by atoms with Crippen LogP contribution in [-0.2, 0) is 0 Å². The van der Waals surface area contributed by atoms with Crippen molar-refractivity contribution < 1.29 is 14.1 Å². The van der Waals surface area contributed by atoms with E-state index >= 15 is 0 Å². The zero-order valence-corrected chi connectivity index (χ0v) is 15.2. The van der Waals surface area contributed by atoms with Gasteiger partial charge in [0.15, 0.2) is 5.76 Å². The molecule has 3 rings (SSSR count). The van der Waals surface area contributed by atoms with Crippen molar-refractivity contribution in [1.29, 1.82) is 0 Å². The van der Waals surface area contributed by atoms with Gasteiger partial charge in [-0.25, -0.2) is 4.68 Å². The highest BCUT2D eigenvalue weighted by atomic mass is 16.6. The highest BCUT2D eigenvalue weighted by molar-refractivity contribution is 5.94. The number of carbonyl (C=O) groups excluding carboxylic acids is 1. The molecule has 3 aromatic rings. The first-order valence-corrected chi connectivity index (χ1v) is 8.56. The van der Waals surface area contributed by atoms with Gasteiger partial charge in [-0.3, -0.25) is 14.9 Å². The summed E-state index contributed by atoms with van der Waals surface area (Å²) >= 11 is 0. The summed E-state index contributed by atoms with van der Waals surface area (Å²) in [5, 5.41) is 18.3. The Morgan fingerprint density at radius 2 is 1.93 bits per heavy atom. The van der Waals surface area contributed by atoms with Gasteiger partial charge in [-0.15, -0.1) is 0 Å². The van der Waals surface area contributed by atoms with Crippen LogP contribution in [0.5, 0.6) is 0 Å². The van der Waals surface area contributed by atoms with Gasteiger partial charge >= 0.3 is 0 Å². The van der Waals surface area contributed by atoms with Crippen LogP contribution in [0.25, 0.3) is 17.1 Å². The number of hydrogen-bond donors (Lipinski definition) is 1. The largest absolute Gasteiger partial charge is 0.463 e. The number of amides is 1. The molecule has 8 nitrogen and oxygen atoms in total. The molecule has 2 aromatic heterocycles. The lowest BCUT2D eigenvalue weighted by Gasteiger charge is -2.17. The Labute approximate surface area is 156 Å². The first kappa shape index (κ1) is 18.4. The van der Waals surface area contributed by atoms with Crippen molar-refractivity contribution in [2.24, 2.45) is 5.92 Å². The smallest absolute Gasteiger partial charge is 0.270 e.